The third kappa shape index (κ3) is 6.42. The Hall–Kier alpha value is -0.600. The van der Waals surface area contributed by atoms with E-state index in [2.05, 4.69) is 0 Å². The number of rotatable bonds is 9. The molecule has 0 spiro atoms. The van der Waals surface area contributed by atoms with Crippen LogP contribution in [0.4, 0.5) is 0 Å². The summed E-state index contributed by atoms with van der Waals surface area (Å²) in [6, 6.07) is 0. The minimum Gasteiger partial charge on any atom is -0.396 e. The van der Waals surface area contributed by atoms with Crippen LogP contribution < -0.4 is 0 Å². The summed E-state index contributed by atoms with van der Waals surface area (Å²) in [5.74, 6) is -0.339. The Labute approximate surface area is 213 Å². The van der Waals surface area contributed by atoms with Crippen molar-refractivity contribution in [2.45, 2.75) is 112 Å². The number of aliphatic hydroxyl groups excluding tert-OH is 10. The fraction of sp³-hybridized carbons (Fsp3) is 1.00. The maximum absolute atomic E-state index is 11.0. The average Bonchev–Trinajstić information content (AvgIpc) is 2.87. The minimum atomic E-state index is -1.78. The normalized spacial score (nSPS) is 49.4. The van der Waals surface area contributed by atoms with E-state index >= 15 is 0 Å². The minimum absolute atomic E-state index is 0.0974. The van der Waals surface area contributed by atoms with Gasteiger partial charge in [-0.2, -0.15) is 0 Å². The highest BCUT2D eigenvalue weighted by atomic mass is 16.7. The highest BCUT2D eigenvalue weighted by Crippen LogP contribution is 2.35. The van der Waals surface area contributed by atoms with Crippen molar-refractivity contribution >= 4 is 0 Å². The number of hydrogen-bond acceptors (Lipinski definition) is 15. The summed E-state index contributed by atoms with van der Waals surface area (Å²) in [6.07, 6.45) is -22.3. The van der Waals surface area contributed by atoms with Crippen LogP contribution in [-0.4, -0.2) is 163 Å². The molecule has 3 saturated heterocycles. The first-order valence-corrected chi connectivity index (χ1v) is 12.3. The van der Waals surface area contributed by atoms with Crippen molar-refractivity contribution in [3.63, 3.8) is 0 Å². The van der Waals surface area contributed by atoms with Gasteiger partial charge >= 0.3 is 0 Å². The van der Waals surface area contributed by atoms with Gasteiger partial charge in [-0.25, -0.2) is 0 Å². The van der Waals surface area contributed by atoms with Gasteiger partial charge in [0.15, 0.2) is 12.6 Å². The van der Waals surface area contributed by atoms with Crippen LogP contribution in [0.5, 0.6) is 0 Å². The second kappa shape index (κ2) is 13.2. The summed E-state index contributed by atoms with van der Waals surface area (Å²) < 4.78 is 28.6. The second-order valence-electron chi connectivity index (χ2n) is 9.98. The van der Waals surface area contributed by atoms with Crippen LogP contribution in [-0.2, 0) is 23.7 Å². The molecule has 3 aliphatic heterocycles. The fourth-order valence-corrected chi connectivity index (χ4v) is 4.84. The Balaban J connectivity index is 1.90. The summed E-state index contributed by atoms with van der Waals surface area (Å²) in [7, 11) is 0. The van der Waals surface area contributed by atoms with E-state index in [0.29, 0.717) is 0 Å². The van der Waals surface area contributed by atoms with E-state index in [1.807, 2.05) is 0 Å². The van der Waals surface area contributed by atoms with Gasteiger partial charge in [-0.1, -0.05) is 13.8 Å². The molecule has 0 aliphatic carbocycles. The Bertz CT molecular complexity index is 697. The Morgan fingerprint density at radius 1 is 0.568 bits per heavy atom. The molecule has 0 radical (unpaired) electrons. The standard InChI is InChI=1S/C22H40O15/c1-7(2)18-20(37-22-17(32)15(30)12(27)9(5-24)35-22)19(13(28)10(6-25)33-18)36-21-16(31)14(29)11(26)8(34-21)3-4-23/h7-32H,3-6H2,1-2H3/t8-,9-,10-,11-,12-,13-,14+,15+,16-,17-,18+,19+,20+,21+,22+/m1/s1. The molecule has 15 atom stereocenters. The maximum atomic E-state index is 11.0. The van der Waals surface area contributed by atoms with E-state index in [9.17, 15) is 51.1 Å². The van der Waals surface area contributed by atoms with Crippen LogP contribution in [0, 0.1) is 5.92 Å². The molecule has 0 aromatic carbocycles. The van der Waals surface area contributed by atoms with Gasteiger partial charge in [-0.05, 0) is 12.3 Å². The topological polar surface area (TPSA) is 248 Å². The van der Waals surface area contributed by atoms with Crippen LogP contribution in [0.2, 0.25) is 0 Å². The van der Waals surface area contributed by atoms with Gasteiger partial charge < -0.3 is 74.7 Å². The van der Waals surface area contributed by atoms with Crippen molar-refractivity contribution in [3.05, 3.63) is 0 Å². The van der Waals surface area contributed by atoms with Crippen LogP contribution in [0.25, 0.3) is 0 Å². The van der Waals surface area contributed by atoms with Gasteiger partial charge in [0.25, 0.3) is 0 Å². The van der Waals surface area contributed by atoms with Gasteiger partial charge in [0.05, 0.1) is 25.4 Å². The molecule has 3 heterocycles. The SMILES string of the molecule is CC(C)[C@@H]1O[C@H](CO)[C@@H](O)[C@H](O[C@@H]2O[C@H](CCO)[C@@H](O)[C@H](O)[C@H]2O)[C@H]1O[C@@H]1O[C@H](CO)[C@@H](O)[C@H](O)[C@H]1O. The van der Waals surface area contributed by atoms with Crippen molar-refractivity contribution in [2.75, 3.05) is 19.8 Å². The van der Waals surface area contributed by atoms with Crippen molar-refractivity contribution < 1.29 is 74.7 Å². The lowest BCUT2D eigenvalue weighted by molar-refractivity contribution is -0.372. The molecule has 3 rings (SSSR count). The van der Waals surface area contributed by atoms with Crippen molar-refractivity contribution in [1.82, 2.24) is 0 Å². The van der Waals surface area contributed by atoms with Gasteiger partial charge in [0.1, 0.15) is 67.1 Å². The predicted molar refractivity (Wildman–Crippen MR) is 118 cm³/mol. The van der Waals surface area contributed by atoms with Gasteiger partial charge in [0, 0.05) is 6.61 Å². The zero-order valence-electron chi connectivity index (χ0n) is 20.6. The van der Waals surface area contributed by atoms with Gasteiger partial charge in [-0.15, -0.1) is 0 Å². The predicted octanol–water partition coefficient (Wildman–Crippen LogP) is -5.48. The zero-order valence-corrected chi connectivity index (χ0v) is 20.6. The van der Waals surface area contributed by atoms with Crippen LogP contribution in [0.3, 0.4) is 0 Å². The number of aliphatic hydroxyl groups is 10. The van der Waals surface area contributed by atoms with Gasteiger partial charge in [-0.3, -0.25) is 0 Å². The summed E-state index contributed by atoms with van der Waals surface area (Å²) in [5, 5.41) is 101. The first kappa shape index (κ1) is 30.9. The highest BCUT2D eigenvalue weighted by molar-refractivity contribution is 4.99. The summed E-state index contributed by atoms with van der Waals surface area (Å²) in [5.41, 5.74) is 0. The highest BCUT2D eigenvalue weighted by Gasteiger charge is 2.54. The van der Waals surface area contributed by atoms with E-state index in [-0.39, 0.29) is 12.3 Å². The van der Waals surface area contributed by atoms with E-state index in [4.69, 9.17) is 23.7 Å². The second-order valence-corrected chi connectivity index (χ2v) is 9.98. The molecule has 37 heavy (non-hydrogen) atoms. The Morgan fingerprint density at radius 2 is 1.03 bits per heavy atom. The molecular weight excluding hydrogens is 504 g/mol. The Kier molecular flexibility index (Phi) is 11.0. The molecule has 0 saturated carbocycles. The lowest BCUT2D eigenvalue weighted by Gasteiger charge is -2.50. The molecule has 0 unspecified atom stereocenters. The molecule has 3 aliphatic rings. The summed E-state index contributed by atoms with van der Waals surface area (Å²) in [4.78, 5) is 0. The first-order valence-electron chi connectivity index (χ1n) is 12.3. The molecule has 0 bridgehead atoms. The van der Waals surface area contributed by atoms with Gasteiger partial charge in [0.2, 0.25) is 0 Å². The molecule has 3 fully saturated rings. The monoisotopic (exact) mass is 544 g/mol. The van der Waals surface area contributed by atoms with Crippen molar-refractivity contribution in [1.29, 1.82) is 0 Å². The third-order valence-corrected chi connectivity index (χ3v) is 7.05. The Morgan fingerprint density at radius 3 is 1.51 bits per heavy atom. The summed E-state index contributed by atoms with van der Waals surface area (Å²) >= 11 is 0. The maximum Gasteiger partial charge on any atom is 0.187 e. The van der Waals surface area contributed by atoms with Crippen molar-refractivity contribution in [3.8, 4) is 0 Å². The van der Waals surface area contributed by atoms with E-state index in [1.165, 1.54) is 0 Å². The van der Waals surface area contributed by atoms with Crippen LogP contribution in [0.15, 0.2) is 0 Å². The molecule has 218 valence electrons. The molecule has 0 aromatic rings. The number of hydrogen-bond donors (Lipinski definition) is 10. The lowest BCUT2D eigenvalue weighted by Crippen LogP contribution is -2.67. The van der Waals surface area contributed by atoms with Crippen LogP contribution >= 0.6 is 0 Å². The average molecular weight is 545 g/mol. The van der Waals surface area contributed by atoms with E-state index in [0.717, 1.165) is 0 Å². The summed E-state index contributed by atoms with van der Waals surface area (Å²) in [6.45, 7) is 1.74. The molecule has 10 N–H and O–H groups in total. The fourth-order valence-electron chi connectivity index (χ4n) is 4.84. The quantitative estimate of drug-likeness (QED) is 0.130. The van der Waals surface area contributed by atoms with E-state index in [1.54, 1.807) is 13.8 Å². The smallest absolute Gasteiger partial charge is 0.187 e. The largest absolute Gasteiger partial charge is 0.396 e. The van der Waals surface area contributed by atoms with Crippen LogP contribution in [0.1, 0.15) is 20.3 Å². The van der Waals surface area contributed by atoms with E-state index < -0.39 is 112 Å². The molecule has 15 nitrogen and oxygen atoms in total. The molecule has 15 heteroatoms. The number of ether oxygens (including phenoxy) is 5. The third-order valence-electron chi connectivity index (χ3n) is 7.05. The zero-order chi connectivity index (χ0) is 27.6. The molecular formula is C22H40O15. The van der Waals surface area contributed by atoms with Crippen molar-refractivity contribution in [2.24, 2.45) is 5.92 Å². The lowest BCUT2D eigenvalue weighted by atomic mass is 9.88. The molecule has 0 amide bonds. The first-order chi connectivity index (χ1) is 17.5. The molecule has 0 aromatic heterocycles.